The Balaban J connectivity index is 2.70. The van der Waals surface area contributed by atoms with Gasteiger partial charge in [-0.15, -0.1) is 0 Å². The quantitative estimate of drug-likeness (QED) is 0.742. The SMILES string of the molecule is [2H]C([2H])([2H])c1cnc(-c2ccccc2)cc1C([2H])([2H])[Si](C)(C)C. The number of aryl methyl sites for hydroxylation is 1. The van der Waals surface area contributed by atoms with Crippen molar-refractivity contribution in [3.63, 3.8) is 0 Å². The molecule has 1 aromatic heterocycles. The zero-order valence-corrected chi connectivity index (χ0v) is 12.0. The van der Waals surface area contributed by atoms with E-state index in [4.69, 9.17) is 6.85 Å². The Labute approximate surface area is 118 Å². The predicted molar refractivity (Wildman–Crippen MR) is 81.5 cm³/mol. The average Bonchev–Trinajstić information content (AvgIpc) is 2.45. The minimum Gasteiger partial charge on any atom is -0.256 e. The fourth-order valence-electron chi connectivity index (χ4n) is 1.73. The second kappa shape index (κ2) is 5.07. The molecule has 0 saturated carbocycles. The Morgan fingerprint density at radius 1 is 1.22 bits per heavy atom. The molecule has 2 aromatic rings. The molecular weight excluding hydrogens is 234 g/mol. The largest absolute Gasteiger partial charge is 0.256 e. The molecule has 0 amide bonds. The minimum atomic E-state index is -2.38. The van der Waals surface area contributed by atoms with Gasteiger partial charge in [0.25, 0.3) is 0 Å². The Bertz CT molecular complexity index is 690. The van der Waals surface area contributed by atoms with E-state index in [1.807, 2.05) is 50.0 Å². The molecule has 0 fully saturated rings. The van der Waals surface area contributed by atoms with E-state index in [0.29, 0.717) is 5.69 Å². The summed E-state index contributed by atoms with van der Waals surface area (Å²) in [4.78, 5) is 4.26. The van der Waals surface area contributed by atoms with Gasteiger partial charge in [0.05, 0.1) is 5.69 Å². The zero-order valence-electron chi connectivity index (χ0n) is 16.0. The second-order valence-corrected chi connectivity index (χ2v) is 10.1. The highest BCUT2D eigenvalue weighted by Gasteiger charge is 2.16. The molecule has 0 spiro atoms. The van der Waals surface area contributed by atoms with Crippen LogP contribution in [0.1, 0.15) is 18.0 Å². The van der Waals surface area contributed by atoms with E-state index in [0.717, 1.165) is 5.56 Å². The maximum Gasteiger partial charge on any atom is 0.0704 e. The molecule has 1 heterocycles. The first-order valence-corrected chi connectivity index (χ1v) is 9.51. The van der Waals surface area contributed by atoms with E-state index >= 15 is 0 Å². The minimum absolute atomic E-state index is 0.00426. The smallest absolute Gasteiger partial charge is 0.0704 e. The highest BCUT2D eigenvalue weighted by Crippen LogP contribution is 2.22. The standard InChI is InChI=1S/C16H21NSi/c1-13-11-17-16(14-8-6-5-7-9-14)10-15(13)12-18(2,3)4/h5-11H,12H2,1-4H3/i1D3,12D2. The van der Waals surface area contributed by atoms with Gasteiger partial charge in [0.15, 0.2) is 0 Å². The van der Waals surface area contributed by atoms with E-state index < -0.39 is 20.9 Å². The lowest BCUT2D eigenvalue weighted by Gasteiger charge is -2.18. The number of rotatable bonds is 3. The molecule has 0 aliphatic heterocycles. The highest BCUT2D eigenvalue weighted by molar-refractivity contribution is 6.75. The van der Waals surface area contributed by atoms with Crippen LogP contribution >= 0.6 is 0 Å². The molecule has 0 radical (unpaired) electrons. The maximum atomic E-state index is 8.55. The number of benzene rings is 1. The van der Waals surface area contributed by atoms with Gasteiger partial charge in [-0.3, -0.25) is 4.98 Å². The summed E-state index contributed by atoms with van der Waals surface area (Å²) >= 11 is 0. The van der Waals surface area contributed by atoms with Crippen LogP contribution in [0.25, 0.3) is 11.3 Å². The van der Waals surface area contributed by atoms with Crippen molar-refractivity contribution in [3.8, 4) is 11.3 Å². The van der Waals surface area contributed by atoms with Crippen LogP contribution in [0.15, 0.2) is 42.6 Å². The molecule has 0 saturated heterocycles. The summed E-state index contributed by atoms with van der Waals surface area (Å²) in [6.45, 7) is 3.32. The molecule has 2 rings (SSSR count). The first-order valence-electron chi connectivity index (χ1n) is 8.51. The molecule has 0 bridgehead atoms. The summed E-state index contributed by atoms with van der Waals surface area (Å²) < 4.78 is 40.2. The fourth-order valence-corrected chi connectivity index (χ4v) is 2.74. The summed E-state index contributed by atoms with van der Waals surface area (Å²) in [7, 11) is -2.30. The summed E-state index contributed by atoms with van der Waals surface area (Å²) in [5.41, 5.74) is 1.68. The molecule has 1 nitrogen and oxygen atoms in total. The van der Waals surface area contributed by atoms with Gasteiger partial charge in [-0.05, 0) is 30.0 Å². The Morgan fingerprint density at radius 2 is 1.94 bits per heavy atom. The van der Waals surface area contributed by atoms with Crippen LogP contribution in [-0.2, 0) is 6.00 Å². The second-order valence-electron chi connectivity index (χ2n) is 5.36. The predicted octanol–water partition coefficient (Wildman–Crippen LogP) is 4.48. The highest BCUT2D eigenvalue weighted by atomic mass is 28.3. The van der Waals surface area contributed by atoms with Crippen molar-refractivity contribution in [3.05, 3.63) is 53.7 Å². The lowest BCUT2D eigenvalue weighted by Crippen LogP contribution is -2.24. The van der Waals surface area contributed by atoms with Gasteiger partial charge in [-0.25, -0.2) is 0 Å². The van der Waals surface area contributed by atoms with Crippen molar-refractivity contribution in [2.45, 2.75) is 32.5 Å². The zero-order chi connectivity index (χ0) is 17.5. The summed E-state index contributed by atoms with van der Waals surface area (Å²) in [6, 6.07) is 11.0. The summed E-state index contributed by atoms with van der Waals surface area (Å²) in [6.07, 6.45) is 1.31. The van der Waals surface area contributed by atoms with Crippen molar-refractivity contribution in [2.75, 3.05) is 0 Å². The Hall–Kier alpha value is -1.41. The average molecular weight is 260 g/mol. The first-order chi connectivity index (χ1) is 10.4. The molecule has 0 unspecified atom stereocenters. The number of hydrogen-bond acceptors (Lipinski definition) is 1. The van der Waals surface area contributed by atoms with E-state index in [9.17, 15) is 0 Å². The number of pyridine rings is 1. The van der Waals surface area contributed by atoms with Crippen LogP contribution in [0.4, 0.5) is 0 Å². The third-order valence-electron chi connectivity index (χ3n) is 2.48. The van der Waals surface area contributed by atoms with Gasteiger partial charge in [0, 0.05) is 26.7 Å². The van der Waals surface area contributed by atoms with Crippen LogP contribution in [-0.4, -0.2) is 13.1 Å². The van der Waals surface area contributed by atoms with Gasteiger partial charge >= 0.3 is 0 Å². The summed E-state index contributed by atoms with van der Waals surface area (Å²) in [5, 5.41) is 0. The molecule has 2 heteroatoms. The monoisotopic (exact) mass is 260 g/mol. The maximum absolute atomic E-state index is 8.55. The summed E-state index contributed by atoms with van der Waals surface area (Å²) in [5.74, 6) is -1.66. The molecule has 0 aliphatic rings. The first kappa shape index (κ1) is 7.90. The fraction of sp³-hybridized carbons (Fsp3) is 0.312. The van der Waals surface area contributed by atoms with Gasteiger partial charge in [-0.1, -0.05) is 50.0 Å². The van der Waals surface area contributed by atoms with Crippen LogP contribution in [0.5, 0.6) is 0 Å². The lowest BCUT2D eigenvalue weighted by atomic mass is 10.1. The normalized spacial score (nSPS) is 17.2. The van der Waals surface area contributed by atoms with Crippen molar-refractivity contribution in [2.24, 2.45) is 0 Å². The van der Waals surface area contributed by atoms with Crippen molar-refractivity contribution >= 4 is 8.07 Å². The van der Waals surface area contributed by atoms with Gasteiger partial charge in [-0.2, -0.15) is 0 Å². The van der Waals surface area contributed by atoms with Crippen LogP contribution < -0.4 is 0 Å². The van der Waals surface area contributed by atoms with Crippen LogP contribution in [0.3, 0.4) is 0 Å². The van der Waals surface area contributed by atoms with Crippen LogP contribution in [0, 0.1) is 6.85 Å². The molecular formula is C16H21NSi. The van der Waals surface area contributed by atoms with E-state index in [-0.39, 0.29) is 11.1 Å². The van der Waals surface area contributed by atoms with Crippen molar-refractivity contribution in [1.29, 1.82) is 0 Å². The van der Waals surface area contributed by atoms with Gasteiger partial charge < -0.3 is 0 Å². The molecule has 94 valence electrons. The Kier molecular flexibility index (Phi) is 2.22. The third-order valence-corrected chi connectivity index (χ3v) is 3.50. The van der Waals surface area contributed by atoms with Crippen molar-refractivity contribution < 1.29 is 6.85 Å². The van der Waals surface area contributed by atoms with E-state index in [2.05, 4.69) is 4.98 Å². The molecule has 0 atom stereocenters. The Morgan fingerprint density at radius 3 is 2.56 bits per heavy atom. The van der Waals surface area contributed by atoms with Gasteiger partial charge in [0.1, 0.15) is 0 Å². The lowest BCUT2D eigenvalue weighted by molar-refractivity contribution is 1.18. The third kappa shape index (κ3) is 3.30. The number of nitrogens with zero attached hydrogens (tertiary/aromatic N) is 1. The molecule has 1 aromatic carbocycles. The number of hydrogen-bond donors (Lipinski definition) is 0. The van der Waals surface area contributed by atoms with Crippen molar-refractivity contribution in [1.82, 2.24) is 4.98 Å². The van der Waals surface area contributed by atoms with E-state index in [1.54, 1.807) is 6.07 Å². The molecule has 18 heavy (non-hydrogen) atoms. The topological polar surface area (TPSA) is 12.9 Å². The molecule has 0 aliphatic carbocycles. The van der Waals surface area contributed by atoms with Gasteiger partial charge in [0.2, 0.25) is 0 Å². The van der Waals surface area contributed by atoms with Crippen LogP contribution in [0.2, 0.25) is 19.6 Å². The molecule has 0 N–H and O–H groups in total. The van der Waals surface area contributed by atoms with E-state index in [1.165, 1.54) is 6.20 Å². The number of aromatic nitrogens is 1.